The molecule has 8 heteroatoms. The predicted octanol–water partition coefficient (Wildman–Crippen LogP) is 3.68. The second kappa shape index (κ2) is 8.08. The summed E-state index contributed by atoms with van der Waals surface area (Å²) >= 11 is 0. The van der Waals surface area contributed by atoms with Gasteiger partial charge in [0.05, 0.1) is 23.1 Å². The van der Waals surface area contributed by atoms with E-state index >= 15 is 0 Å². The lowest BCUT2D eigenvalue weighted by atomic mass is 10.0. The van der Waals surface area contributed by atoms with E-state index in [4.69, 9.17) is 6.57 Å². The van der Waals surface area contributed by atoms with E-state index in [2.05, 4.69) is 45.4 Å². The van der Waals surface area contributed by atoms with Crippen LogP contribution < -0.4 is 10.5 Å². The Hall–Kier alpha value is -3.31. The normalized spacial score (nSPS) is 20.6. The number of aryl methyl sites for hydroxylation is 1. The van der Waals surface area contributed by atoms with Gasteiger partial charge in [0.25, 0.3) is 11.4 Å². The molecule has 1 unspecified atom stereocenters. The van der Waals surface area contributed by atoms with Crippen molar-refractivity contribution < 1.29 is 4.39 Å². The number of piperazine rings is 1. The summed E-state index contributed by atoms with van der Waals surface area (Å²) in [5, 5.41) is 0. The van der Waals surface area contributed by atoms with Crippen LogP contribution in [-0.2, 0) is 7.05 Å². The van der Waals surface area contributed by atoms with Crippen LogP contribution in [0.4, 0.5) is 15.9 Å². The molecule has 3 aromatic heterocycles. The molecular weight excluding hydrogens is 395 g/mol. The summed E-state index contributed by atoms with van der Waals surface area (Å²) in [6.45, 7) is 15.1. The molecule has 1 aliphatic rings. The summed E-state index contributed by atoms with van der Waals surface area (Å²) in [7, 11) is 1.72. The molecule has 0 aliphatic carbocycles. The van der Waals surface area contributed by atoms with Crippen LogP contribution in [0.5, 0.6) is 0 Å². The van der Waals surface area contributed by atoms with Crippen LogP contribution in [0, 0.1) is 12.4 Å². The molecule has 0 amide bonds. The lowest BCUT2D eigenvalue weighted by molar-refractivity contribution is 0.117. The molecule has 3 atom stereocenters. The Kier molecular flexibility index (Phi) is 5.46. The molecule has 0 radical (unpaired) electrons. The minimum absolute atomic E-state index is 0.0347. The Labute approximate surface area is 180 Å². The van der Waals surface area contributed by atoms with Gasteiger partial charge in [-0.1, -0.05) is 6.57 Å². The van der Waals surface area contributed by atoms with Crippen LogP contribution in [-0.4, -0.2) is 44.6 Å². The number of aromatic nitrogens is 3. The van der Waals surface area contributed by atoms with E-state index in [0.29, 0.717) is 23.4 Å². The van der Waals surface area contributed by atoms with E-state index in [1.165, 1.54) is 12.3 Å². The van der Waals surface area contributed by atoms with Crippen molar-refractivity contribution in [3.05, 3.63) is 69.8 Å². The molecular formula is C23H25FN6O. The van der Waals surface area contributed by atoms with Crippen molar-refractivity contribution in [2.45, 2.75) is 38.9 Å². The summed E-state index contributed by atoms with van der Waals surface area (Å²) in [6, 6.07) is 8.52. The van der Waals surface area contributed by atoms with E-state index in [1.807, 2.05) is 0 Å². The average molecular weight is 420 g/mol. The van der Waals surface area contributed by atoms with Crippen molar-refractivity contribution in [3.63, 3.8) is 0 Å². The SMILES string of the molecule is [C-]#[N+]c1ccc2c(n1)c(N1C[C@@H](C)N(C(C)c3ccc(F)cn3)C[C@@H]1C)cc(=O)n2C. The first-order valence-corrected chi connectivity index (χ1v) is 10.3. The van der Waals surface area contributed by atoms with Gasteiger partial charge in [-0.2, -0.15) is 0 Å². The van der Waals surface area contributed by atoms with Crippen LogP contribution in [0.2, 0.25) is 0 Å². The Balaban J connectivity index is 1.69. The van der Waals surface area contributed by atoms with Gasteiger partial charge in [0.15, 0.2) is 0 Å². The molecule has 160 valence electrons. The minimum atomic E-state index is -0.342. The van der Waals surface area contributed by atoms with E-state index in [-0.39, 0.29) is 29.5 Å². The van der Waals surface area contributed by atoms with Crippen LogP contribution in [0.3, 0.4) is 0 Å². The van der Waals surface area contributed by atoms with Crippen molar-refractivity contribution in [3.8, 4) is 0 Å². The summed E-state index contributed by atoms with van der Waals surface area (Å²) < 4.78 is 14.8. The number of nitrogens with zero attached hydrogens (tertiary/aromatic N) is 6. The van der Waals surface area contributed by atoms with Crippen molar-refractivity contribution in [2.24, 2.45) is 7.05 Å². The molecule has 0 bridgehead atoms. The van der Waals surface area contributed by atoms with Gasteiger partial charge in [-0.25, -0.2) is 4.39 Å². The molecule has 4 heterocycles. The number of anilines is 1. The fourth-order valence-corrected chi connectivity index (χ4v) is 4.42. The Morgan fingerprint density at radius 1 is 1.19 bits per heavy atom. The highest BCUT2D eigenvalue weighted by Gasteiger charge is 2.34. The maximum atomic E-state index is 13.3. The van der Waals surface area contributed by atoms with E-state index in [0.717, 1.165) is 17.9 Å². The van der Waals surface area contributed by atoms with Crippen LogP contribution >= 0.6 is 0 Å². The minimum Gasteiger partial charge on any atom is -0.362 e. The van der Waals surface area contributed by atoms with Crippen molar-refractivity contribution in [1.82, 2.24) is 19.4 Å². The van der Waals surface area contributed by atoms with Gasteiger partial charge in [0.2, 0.25) is 5.52 Å². The maximum Gasteiger partial charge on any atom is 0.270 e. The van der Waals surface area contributed by atoms with E-state index in [1.54, 1.807) is 35.9 Å². The van der Waals surface area contributed by atoms with Crippen LogP contribution in [0.1, 0.15) is 32.5 Å². The second-order valence-corrected chi connectivity index (χ2v) is 8.20. The third kappa shape index (κ3) is 3.77. The fraction of sp³-hybridized carbons (Fsp3) is 0.391. The van der Waals surface area contributed by atoms with E-state index in [9.17, 15) is 9.18 Å². The van der Waals surface area contributed by atoms with Gasteiger partial charge in [-0.15, -0.1) is 4.98 Å². The molecule has 4 rings (SSSR count). The number of pyridine rings is 3. The summed E-state index contributed by atoms with van der Waals surface area (Å²) in [5.41, 5.74) is 2.86. The van der Waals surface area contributed by atoms with Crippen LogP contribution in [0.25, 0.3) is 15.9 Å². The molecule has 0 saturated carbocycles. The molecule has 0 spiro atoms. The zero-order valence-corrected chi connectivity index (χ0v) is 18.1. The molecule has 0 aromatic carbocycles. The van der Waals surface area contributed by atoms with Gasteiger partial charge in [0, 0.05) is 44.3 Å². The van der Waals surface area contributed by atoms with Crippen molar-refractivity contribution in [2.75, 3.05) is 18.0 Å². The van der Waals surface area contributed by atoms with Crippen molar-refractivity contribution in [1.29, 1.82) is 0 Å². The summed E-state index contributed by atoms with van der Waals surface area (Å²) in [6.07, 6.45) is 1.25. The fourth-order valence-electron chi connectivity index (χ4n) is 4.42. The molecule has 1 aliphatic heterocycles. The predicted molar refractivity (Wildman–Crippen MR) is 119 cm³/mol. The molecule has 31 heavy (non-hydrogen) atoms. The standard InChI is InChI=1S/C23H25FN6O/c1-14-13-30(15(2)12-29(14)16(3)18-7-6-17(24)11-26-18)20-10-22(31)28(5)19-8-9-21(25-4)27-23(19)20/h6-11,14-16H,12-13H2,1-3,5H3/t14-,15+,16?/m1/s1. The van der Waals surface area contributed by atoms with Crippen LogP contribution in [0.15, 0.2) is 41.3 Å². The molecule has 3 aromatic rings. The first-order chi connectivity index (χ1) is 14.8. The van der Waals surface area contributed by atoms with E-state index < -0.39 is 0 Å². The lowest BCUT2D eigenvalue weighted by Crippen LogP contribution is -2.57. The zero-order chi connectivity index (χ0) is 22.3. The number of halogens is 1. The van der Waals surface area contributed by atoms with Gasteiger partial charge < -0.3 is 14.3 Å². The average Bonchev–Trinajstić information content (AvgIpc) is 2.77. The topological polar surface area (TPSA) is 58.6 Å². The summed E-state index contributed by atoms with van der Waals surface area (Å²) in [5.74, 6) is -0.0336. The lowest BCUT2D eigenvalue weighted by Gasteiger charge is -2.47. The monoisotopic (exact) mass is 420 g/mol. The Bertz CT molecular complexity index is 1220. The first kappa shape index (κ1) is 20.9. The third-order valence-corrected chi connectivity index (χ3v) is 6.19. The molecule has 1 saturated heterocycles. The number of hydrogen-bond acceptors (Lipinski definition) is 5. The van der Waals surface area contributed by atoms with Gasteiger partial charge in [-0.3, -0.25) is 14.7 Å². The highest BCUT2D eigenvalue weighted by molar-refractivity contribution is 5.89. The largest absolute Gasteiger partial charge is 0.362 e. The smallest absolute Gasteiger partial charge is 0.270 e. The second-order valence-electron chi connectivity index (χ2n) is 8.20. The highest BCUT2D eigenvalue weighted by atomic mass is 19.1. The maximum absolute atomic E-state index is 13.3. The quantitative estimate of drug-likeness (QED) is 0.605. The third-order valence-electron chi connectivity index (χ3n) is 6.19. The number of fused-ring (bicyclic) bond motifs is 1. The first-order valence-electron chi connectivity index (χ1n) is 10.3. The number of rotatable bonds is 3. The van der Waals surface area contributed by atoms with Gasteiger partial charge >= 0.3 is 0 Å². The number of hydrogen-bond donors (Lipinski definition) is 0. The Morgan fingerprint density at radius 2 is 1.97 bits per heavy atom. The zero-order valence-electron chi connectivity index (χ0n) is 18.1. The van der Waals surface area contributed by atoms with Gasteiger partial charge in [0.1, 0.15) is 5.82 Å². The van der Waals surface area contributed by atoms with Crippen molar-refractivity contribution >= 4 is 22.5 Å². The van der Waals surface area contributed by atoms with Gasteiger partial charge in [-0.05, 0) is 45.0 Å². The summed E-state index contributed by atoms with van der Waals surface area (Å²) in [4.78, 5) is 29.4. The molecule has 1 fully saturated rings. The molecule has 0 N–H and O–H groups in total. The highest BCUT2D eigenvalue weighted by Crippen LogP contribution is 2.32. The molecule has 7 nitrogen and oxygen atoms in total. The Morgan fingerprint density at radius 3 is 2.65 bits per heavy atom.